The van der Waals surface area contributed by atoms with Crippen molar-refractivity contribution in [3.63, 3.8) is 0 Å². The Morgan fingerprint density at radius 1 is 0.839 bits per heavy atom. The number of Topliss-reactive ketones (excluding diaryl/α,β-unsaturated/α-hetero) is 1. The summed E-state index contributed by atoms with van der Waals surface area (Å²) < 4.78 is 0. The summed E-state index contributed by atoms with van der Waals surface area (Å²) in [5.41, 5.74) is 4.40. The van der Waals surface area contributed by atoms with Gasteiger partial charge in [0.2, 0.25) is 5.91 Å². The zero-order chi connectivity index (χ0) is 22.2. The number of anilines is 2. The highest BCUT2D eigenvalue weighted by atomic mass is 16.2. The van der Waals surface area contributed by atoms with Gasteiger partial charge in [0.1, 0.15) is 0 Å². The summed E-state index contributed by atoms with van der Waals surface area (Å²) in [7, 11) is 0. The lowest BCUT2D eigenvalue weighted by Crippen LogP contribution is -2.26. The SMILES string of the molecule is CC(=O)c1ccc(NC(=O)CNc2ccccc2C(=O)NCc2ccc(C)cc2)cc1. The maximum absolute atomic E-state index is 12.6. The van der Waals surface area contributed by atoms with Crippen LogP contribution < -0.4 is 16.0 Å². The molecule has 158 valence electrons. The molecular formula is C25H25N3O3. The monoisotopic (exact) mass is 415 g/mol. The van der Waals surface area contributed by atoms with Crippen molar-refractivity contribution in [3.8, 4) is 0 Å². The van der Waals surface area contributed by atoms with E-state index in [0.29, 0.717) is 29.0 Å². The summed E-state index contributed by atoms with van der Waals surface area (Å²) in [6.07, 6.45) is 0. The lowest BCUT2D eigenvalue weighted by molar-refractivity contribution is -0.114. The topological polar surface area (TPSA) is 87.3 Å². The summed E-state index contributed by atoms with van der Waals surface area (Å²) in [6.45, 7) is 3.92. The van der Waals surface area contributed by atoms with Crippen molar-refractivity contribution in [2.24, 2.45) is 0 Å². The molecule has 2 amide bonds. The van der Waals surface area contributed by atoms with Crippen LogP contribution >= 0.6 is 0 Å². The Morgan fingerprint density at radius 3 is 2.19 bits per heavy atom. The molecule has 0 aliphatic carbocycles. The van der Waals surface area contributed by atoms with E-state index in [1.165, 1.54) is 6.92 Å². The lowest BCUT2D eigenvalue weighted by atomic mass is 10.1. The lowest BCUT2D eigenvalue weighted by Gasteiger charge is -2.13. The molecule has 0 spiro atoms. The third-order valence-electron chi connectivity index (χ3n) is 4.76. The van der Waals surface area contributed by atoms with Crippen LogP contribution in [0.4, 0.5) is 11.4 Å². The zero-order valence-corrected chi connectivity index (χ0v) is 17.6. The van der Waals surface area contributed by atoms with Crippen LogP contribution in [0.1, 0.15) is 38.8 Å². The van der Waals surface area contributed by atoms with Crippen molar-refractivity contribution in [2.45, 2.75) is 20.4 Å². The fraction of sp³-hybridized carbons (Fsp3) is 0.160. The molecule has 0 saturated carbocycles. The largest absolute Gasteiger partial charge is 0.376 e. The number of benzene rings is 3. The Labute approximate surface area is 181 Å². The van der Waals surface area contributed by atoms with E-state index in [9.17, 15) is 14.4 Å². The molecular weight excluding hydrogens is 390 g/mol. The number of rotatable bonds is 8. The van der Waals surface area contributed by atoms with E-state index in [0.717, 1.165) is 11.1 Å². The van der Waals surface area contributed by atoms with E-state index in [4.69, 9.17) is 0 Å². The number of aryl methyl sites for hydroxylation is 1. The van der Waals surface area contributed by atoms with Crippen molar-refractivity contribution in [1.29, 1.82) is 0 Å². The van der Waals surface area contributed by atoms with Crippen molar-refractivity contribution in [2.75, 3.05) is 17.2 Å². The Morgan fingerprint density at radius 2 is 1.52 bits per heavy atom. The molecule has 0 heterocycles. The van der Waals surface area contributed by atoms with Crippen molar-refractivity contribution >= 4 is 29.0 Å². The van der Waals surface area contributed by atoms with Crippen LogP contribution in [-0.4, -0.2) is 24.1 Å². The van der Waals surface area contributed by atoms with Gasteiger partial charge < -0.3 is 16.0 Å². The fourth-order valence-electron chi connectivity index (χ4n) is 2.99. The first-order valence-electron chi connectivity index (χ1n) is 10.00. The van der Waals surface area contributed by atoms with Gasteiger partial charge >= 0.3 is 0 Å². The van der Waals surface area contributed by atoms with E-state index < -0.39 is 0 Å². The molecule has 0 radical (unpaired) electrons. The number of para-hydroxylation sites is 1. The van der Waals surface area contributed by atoms with Crippen molar-refractivity contribution < 1.29 is 14.4 Å². The summed E-state index contributed by atoms with van der Waals surface area (Å²) in [4.78, 5) is 36.3. The Bertz CT molecular complexity index is 1070. The van der Waals surface area contributed by atoms with Crippen LogP contribution in [-0.2, 0) is 11.3 Å². The quantitative estimate of drug-likeness (QED) is 0.482. The molecule has 0 atom stereocenters. The molecule has 6 heteroatoms. The minimum absolute atomic E-state index is 0.00326. The van der Waals surface area contributed by atoms with Crippen LogP contribution in [0.5, 0.6) is 0 Å². The molecule has 0 fully saturated rings. The maximum atomic E-state index is 12.6. The predicted octanol–water partition coefficient (Wildman–Crippen LogP) is 4.18. The van der Waals surface area contributed by atoms with Crippen LogP contribution in [0.15, 0.2) is 72.8 Å². The molecule has 0 aliphatic heterocycles. The van der Waals surface area contributed by atoms with Crippen molar-refractivity contribution in [1.82, 2.24) is 5.32 Å². The number of carbonyl (C=O) groups is 3. The third-order valence-corrected chi connectivity index (χ3v) is 4.76. The average Bonchev–Trinajstić information content (AvgIpc) is 2.77. The van der Waals surface area contributed by atoms with Gasteiger partial charge in [-0.05, 0) is 55.8 Å². The normalized spacial score (nSPS) is 10.3. The summed E-state index contributed by atoms with van der Waals surface area (Å²) in [6, 6.07) is 21.7. The molecule has 3 aromatic carbocycles. The highest BCUT2D eigenvalue weighted by Gasteiger charge is 2.12. The minimum Gasteiger partial charge on any atom is -0.376 e. The van der Waals surface area contributed by atoms with Gasteiger partial charge in [0.05, 0.1) is 12.1 Å². The second-order valence-corrected chi connectivity index (χ2v) is 7.25. The van der Waals surface area contributed by atoms with E-state index in [2.05, 4.69) is 16.0 Å². The second kappa shape index (κ2) is 10.2. The van der Waals surface area contributed by atoms with E-state index in [-0.39, 0.29) is 24.1 Å². The molecule has 0 aliphatic rings. The summed E-state index contributed by atoms with van der Waals surface area (Å²) in [5.74, 6) is -0.508. The number of amides is 2. The van der Waals surface area contributed by atoms with Crippen LogP contribution in [0, 0.1) is 6.92 Å². The molecule has 3 aromatic rings. The molecule has 0 bridgehead atoms. The molecule has 6 nitrogen and oxygen atoms in total. The molecule has 0 unspecified atom stereocenters. The van der Waals surface area contributed by atoms with Gasteiger partial charge in [0, 0.05) is 23.5 Å². The minimum atomic E-state index is -0.259. The van der Waals surface area contributed by atoms with E-state index in [1.807, 2.05) is 31.2 Å². The van der Waals surface area contributed by atoms with Gasteiger partial charge in [0.25, 0.3) is 5.91 Å². The van der Waals surface area contributed by atoms with Gasteiger partial charge in [0.15, 0.2) is 5.78 Å². The highest BCUT2D eigenvalue weighted by Crippen LogP contribution is 2.16. The van der Waals surface area contributed by atoms with Crippen LogP contribution in [0.3, 0.4) is 0 Å². The third kappa shape index (κ3) is 6.27. The molecule has 3 N–H and O–H groups in total. The first-order chi connectivity index (χ1) is 14.9. The number of nitrogens with one attached hydrogen (secondary N) is 3. The van der Waals surface area contributed by atoms with E-state index >= 15 is 0 Å². The maximum Gasteiger partial charge on any atom is 0.253 e. The van der Waals surface area contributed by atoms with Crippen LogP contribution in [0.2, 0.25) is 0 Å². The Kier molecular flexibility index (Phi) is 7.17. The Hall–Kier alpha value is -3.93. The first kappa shape index (κ1) is 21.8. The van der Waals surface area contributed by atoms with Gasteiger partial charge in [-0.15, -0.1) is 0 Å². The molecule has 3 rings (SSSR count). The fourth-order valence-corrected chi connectivity index (χ4v) is 2.99. The second-order valence-electron chi connectivity index (χ2n) is 7.25. The first-order valence-corrected chi connectivity index (χ1v) is 10.00. The molecule has 31 heavy (non-hydrogen) atoms. The molecule has 0 saturated heterocycles. The van der Waals surface area contributed by atoms with Crippen molar-refractivity contribution in [3.05, 3.63) is 95.1 Å². The summed E-state index contributed by atoms with van der Waals surface area (Å²) in [5, 5.41) is 8.70. The molecule has 0 aromatic heterocycles. The van der Waals surface area contributed by atoms with Crippen LogP contribution in [0.25, 0.3) is 0 Å². The Balaban J connectivity index is 1.56. The standard InChI is InChI=1S/C25H25N3O3/c1-17-7-9-19(10-8-17)15-27-25(31)22-5-3-4-6-23(22)26-16-24(30)28-21-13-11-20(12-14-21)18(2)29/h3-14,26H,15-16H2,1-2H3,(H,27,31)(H,28,30). The van der Waals surface area contributed by atoms with E-state index in [1.54, 1.807) is 48.5 Å². The predicted molar refractivity (Wildman–Crippen MR) is 122 cm³/mol. The zero-order valence-electron chi connectivity index (χ0n) is 17.6. The van der Waals surface area contributed by atoms with Gasteiger partial charge in [-0.25, -0.2) is 0 Å². The number of hydrogen-bond donors (Lipinski definition) is 3. The number of ketones is 1. The van der Waals surface area contributed by atoms with Gasteiger partial charge in [-0.3, -0.25) is 14.4 Å². The number of hydrogen-bond acceptors (Lipinski definition) is 4. The highest BCUT2D eigenvalue weighted by molar-refractivity contribution is 6.01. The average molecular weight is 415 g/mol. The van der Waals surface area contributed by atoms with Gasteiger partial charge in [-0.1, -0.05) is 42.0 Å². The van der Waals surface area contributed by atoms with Gasteiger partial charge in [-0.2, -0.15) is 0 Å². The number of carbonyl (C=O) groups excluding carboxylic acids is 3. The smallest absolute Gasteiger partial charge is 0.253 e. The summed E-state index contributed by atoms with van der Waals surface area (Å²) >= 11 is 0.